The Morgan fingerprint density at radius 1 is 1.62 bits per heavy atom. The summed E-state index contributed by atoms with van der Waals surface area (Å²) in [6, 6.07) is 3.22. The lowest BCUT2D eigenvalue weighted by Gasteiger charge is -2.09. The fraction of sp³-hybridized carbons (Fsp3) is 0.222. The lowest BCUT2D eigenvalue weighted by atomic mass is 10.1. The molecule has 0 aliphatic carbocycles. The Labute approximate surface area is 81.1 Å². The third-order valence-corrected chi connectivity index (χ3v) is 2.04. The molecule has 0 aromatic heterocycles. The molecule has 0 spiro atoms. The van der Waals surface area contributed by atoms with Crippen molar-refractivity contribution in [2.45, 2.75) is 6.92 Å². The summed E-state index contributed by atoms with van der Waals surface area (Å²) in [7, 11) is 1.46. The lowest BCUT2D eigenvalue weighted by Crippen LogP contribution is -1.91. The van der Waals surface area contributed by atoms with E-state index >= 15 is 0 Å². The van der Waals surface area contributed by atoms with Crippen LogP contribution in [0.2, 0.25) is 5.02 Å². The second-order valence-electron chi connectivity index (χ2n) is 2.52. The van der Waals surface area contributed by atoms with E-state index in [9.17, 15) is 5.11 Å². The zero-order valence-electron chi connectivity index (χ0n) is 7.26. The van der Waals surface area contributed by atoms with Gasteiger partial charge in [-0.2, -0.15) is 5.26 Å². The van der Waals surface area contributed by atoms with Crippen LogP contribution in [0.1, 0.15) is 11.1 Å². The summed E-state index contributed by atoms with van der Waals surface area (Å²) < 4.78 is 4.95. The molecule has 0 atom stereocenters. The van der Waals surface area contributed by atoms with E-state index in [1.807, 2.05) is 6.07 Å². The maximum absolute atomic E-state index is 9.47. The quantitative estimate of drug-likeness (QED) is 0.751. The van der Waals surface area contributed by atoms with Gasteiger partial charge in [-0.3, -0.25) is 0 Å². The van der Waals surface area contributed by atoms with E-state index < -0.39 is 0 Å². The van der Waals surface area contributed by atoms with E-state index in [1.165, 1.54) is 13.2 Å². The minimum absolute atomic E-state index is 0.0799. The van der Waals surface area contributed by atoms with Crippen molar-refractivity contribution in [2.75, 3.05) is 7.11 Å². The van der Waals surface area contributed by atoms with Crippen molar-refractivity contribution in [2.24, 2.45) is 0 Å². The Hall–Kier alpha value is -1.40. The summed E-state index contributed by atoms with van der Waals surface area (Å²) in [5.74, 6) is 0.321. The molecule has 1 aromatic rings. The molecule has 1 aromatic carbocycles. The standard InChI is InChI=1S/C9H8ClNO2/c1-5-8(12)6(4-11)3-7(10)9(5)13-2/h3,12H,1-2H3. The molecule has 0 aliphatic rings. The van der Waals surface area contributed by atoms with Gasteiger partial charge < -0.3 is 9.84 Å². The van der Waals surface area contributed by atoms with Crippen LogP contribution in [0.3, 0.4) is 0 Å². The van der Waals surface area contributed by atoms with E-state index in [-0.39, 0.29) is 11.3 Å². The summed E-state index contributed by atoms with van der Waals surface area (Å²) >= 11 is 5.80. The van der Waals surface area contributed by atoms with Gasteiger partial charge in [0.25, 0.3) is 0 Å². The molecular weight excluding hydrogens is 190 g/mol. The molecule has 0 heterocycles. The number of halogens is 1. The molecule has 1 rings (SSSR count). The molecule has 3 nitrogen and oxygen atoms in total. The molecule has 1 N–H and O–H groups in total. The van der Waals surface area contributed by atoms with Gasteiger partial charge >= 0.3 is 0 Å². The molecule has 0 saturated heterocycles. The molecule has 13 heavy (non-hydrogen) atoms. The molecule has 0 aliphatic heterocycles. The van der Waals surface area contributed by atoms with Crippen LogP contribution < -0.4 is 4.74 Å². The highest BCUT2D eigenvalue weighted by Gasteiger charge is 2.13. The van der Waals surface area contributed by atoms with Gasteiger partial charge in [0.2, 0.25) is 0 Å². The number of phenols is 1. The molecular formula is C9H8ClNO2. The minimum Gasteiger partial charge on any atom is -0.506 e. The number of hydrogen-bond acceptors (Lipinski definition) is 3. The molecule has 68 valence electrons. The summed E-state index contributed by atoms with van der Waals surface area (Å²) in [6.45, 7) is 1.64. The number of rotatable bonds is 1. The summed E-state index contributed by atoms with van der Waals surface area (Å²) in [4.78, 5) is 0. The van der Waals surface area contributed by atoms with Crippen LogP contribution in [0.25, 0.3) is 0 Å². The normalized spacial score (nSPS) is 9.38. The fourth-order valence-corrected chi connectivity index (χ4v) is 1.41. The molecule has 0 amide bonds. The number of methoxy groups -OCH3 is 1. The Kier molecular flexibility index (Phi) is 2.64. The van der Waals surface area contributed by atoms with Gasteiger partial charge in [0.1, 0.15) is 17.6 Å². The summed E-state index contributed by atoms with van der Waals surface area (Å²) in [5, 5.41) is 18.4. The third kappa shape index (κ3) is 1.53. The van der Waals surface area contributed by atoms with Crippen molar-refractivity contribution >= 4 is 11.6 Å². The van der Waals surface area contributed by atoms with Gasteiger partial charge in [-0.25, -0.2) is 0 Å². The first kappa shape index (κ1) is 9.69. The Balaban J connectivity index is 3.48. The van der Waals surface area contributed by atoms with Crippen molar-refractivity contribution in [1.82, 2.24) is 0 Å². The van der Waals surface area contributed by atoms with Crippen LogP contribution in [0.15, 0.2) is 6.07 Å². The molecule has 0 unspecified atom stereocenters. The zero-order chi connectivity index (χ0) is 10.0. The van der Waals surface area contributed by atoms with E-state index in [1.54, 1.807) is 6.92 Å². The average molecular weight is 198 g/mol. The summed E-state index contributed by atoms with van der Waals surface area (Å²) in [5.41, 5.74) is 0.634. The lowest BCUT2D eigenvalue weighted by molar-refractivity contribution is 0.402. The minimum atomic E-state index is -0.0799. The largest absolute Gasteiger partial charge is 0.506 e. The Morgan fingerprint density at radius 2 is 2.23 bits per heavy atom. The molecule has 0 fully saturated rings. The SMILES string of the molecule is COc1c(Cl)cc(C#N)c(O)c1C. The molecule has 4 heteroatoms. The number of nitrogens with zero attached hydrogens (tertiary/aromatic N) is 1. The van der Waals surface area contributed by atoms with Gasteiger partial charge in [0.15, 0.2) is 0 Å². The van der Waals surface area contributed by atoms with Crippen LogP contribution in [0.4, 0.5) is 0 Å². The highest BCUT2D eigenvalue weighted by Crippen LogP contribution is 2.36. The van der Waals surface area contributed by atoms with Gasteiger partial charge in [-0.15, -0.1) is 0 Å². The predicted octanol–water partition coefficient (Wildman–Crippen LogP) is 2.23. The maximum atomic E-state index is 9.47. The van der Waals surface area contributed by atoms with Crippen molar-refractivity contribution in [1.29, 1.82) is 5.26 Å². The number of ether oxygens (including phenoxy) is 1. The fourth-order valence-electron chi connectivity index (χ4n) is 1.09. The highest BCUT2D eigenvalue weighted by molar-refractivity contribution is 6.32. The van der Waals surface area contributed by atoms with Gasteiger partial charge in [0.05, 0.1) is 17.7 Å². The van der Waals surface area contributed by atoms with Crippen molar-refractivity contribution in [3.63, 3.8) is 0 Å². The number of aromatic hydroxyl groups is 1. The van der Waals surface area contributed by atoms with Crippen LogP contribution in [-0.2, 0) is 0 Å². The second kappa shape index (κ2) is 3.55. The van der Waals surface area contributed by atoms with E-state index in [4.69, 9.17) is 21.6 Å². The van der Waals surface area contributed by atoms with Crippen molar-refractivity contribution < 1.29 is 9.84 Å². The first-order chi connectivity index (χ1) is 6.11. The Morgan fingerprint density at radius 3 is 2.69 bits per heavy atom. The number of nitriles is 1. The molecule has 0 saturated carbocycles. The van der Waals surface area contributed by atoms with Gasteiger partial charge in [0, 0.05) is 5.56 Å². The van der Waals surface area contributed by atoms with Crippen molar-refractivity contribution in [3.05, 3.63) is 22.2 Å². The zero-order valence-corrected chi connectivity index (χ0v) is 8.01. The monoisotopic (exact) mass is 197 g/mol. The Bertz CT molecular complexity index is 378. The summed E-state index contributed by atoms with van der Waals surface area (Å²) in [6.07, 6.45) is 0. The van der Waals surface area contributed by atoms with Crippen LogP contribution >= 0.6 is 11.6 Å². The van der Waals surface area contributed by atoms with Crippen LogP contribution in [0, 0.1) is 18.3 Å². The van der Waals surface area contributed by atoms with Crippen LogP contribution in [0.5, 0.6) is 11.5 Å². The van der Waals surface area contributed by atoms with Crippen LogP contribution in [-0.4, -0.2) is 12.2 Å². The molecule has 0 bridgehead atoms. The van der Waals surface area contributed by atoms with E-state index in [0.29, 0.717) is 16.3 Å². The van der Waals surface area contributed by atoms with Crippen molar-refractivity contribution in [3.8, 4) is 17.6 Å². The first-order valence-electron chi connectivity index (χ1n) is 3.58. The van der Waals surface area contributed by atoms with E-state index in [2.05, 4.69) is 0 Å². The predicted molar refractivity (Wildman–Crippen MR) is 49.1 cm³/mol. The first-order valence-corrected chi connectivity index (χ1v) is 3.95. The highest BCUT2D eigenvalue weighted by atomic mass is 35.5. The topological polar surface area (TPSA) is 53.2 Å². The van der Waals surface area contributed by atoms with Gasteiger partial charge in [-0.05, 0) is 13.0 Å². The molecule has 0 radical (unpaired) electrons. The maximum Gasteiger partial charge on any atom is 0.144 e. The smallest absolute Gasteiger partial charge is 0.144 e. The number of hydrogen-bond donors (Lipinski definition) is 1. The third-order valence-electron chi connectivity index (χ3n) is 1.76. The number of benzene rings is 1. The second-order valence-corrected chi connectivity index (χ2v) is 2.93. The van der Waals surface area contributed by atoms with E-state index in [0.717, 1.165) is 0 Å². The average Bonchev–Trinajstić information content (AvgIpc) is 2.12. The van der Waals surface area contributed by atoms with Gasteiger partial charge in [-0.1, -0.05) is 11.6 Å². The number of phenolic OH excluding ortho intramolecular Hbond substituents is 1.